The second-order valence-electron chi connectivity index (χ2n) is 3.80. The van der Waals surface area contributed by atoms with Crippen LogP contribution in [0.3, 0.4) is 0 Å². The third kappa shape index (κ3) is 4.07. The van der Waals surface area contributed by atoms with E-state index in [-0.39, 0.29) is 18.4 Å². The van der Waals surface area contributed by atoms with Crippen molar-refractivity contribution in [2.24, 2.45) is 4.99 Å². The lowest BCUT2D eigenvalue weighted by atomic mass is 10.4. The summed E-state index contributed by atoms with van der Waals surface area (Å²) < 4.78 is 4.96. The Balaban J connectivity index is 0.00000180. The number of carbonyl (C=O) groups excluding carboxylic acids is 1. The van der Waals surface area contributed by atoms with Crippen LogP contribution in [0.1, 0.15) is 28.7 Å². The summed E-state index contributed by atoms with van der Waals surface area (Å²) in [7, 11) is 0. The van der Waals surface area contributed by atoms with E-state index in [1.54, 1.807) is 13.8 Å². The number of carbonyl (C=O) groups is 1. The van der Waals surface area contributed by atoms with Crippen LogP contribution in [0.15, 0.2) is 4.99 Å². The standard InChI is InChI=1S/C11H16N4O2S.ClH/c1-3-17-9(16)8-7(2)14-11(18-8)15-10-12-5-4-6-13-10;/h3-6H2,1-2H3,(H2,12,13,14,15);1H. The number of hydrogen-bond donors (Lipinski definition) is 2. The van der Waals surface area contributed by atoms with Crippen LogP contribution in [0.2, 0.25) is 0 Å². The van der Waals surface area contributed by atoms with Gasteiger partial charge in [0.05, 0.1) is 12.3 Å². The van der Waals surface area contributed by atoms with Gasteiger partial charge in [0, 0.05) is 13.1 Å². The maximum Gasteiger partial charge on any atom is 0.350 e. The zero-order valence-electron chi connectivity index (χ0n) is 10.9. The summed E-state index contributed by atoms with van der Waals surface area (Å²) >= 11 is 1.25. The van der Waals surface area contributed by atoms with Crippen molar-refractivity contribution in [3.8, 4) is 0 Å². The molecule has 0 radical (unpaired) electrons. The molecule has 1 aromatic heterocycles. The summed E-state index contributed by atoms with van der Waals surface area (Å²) in [6.07, 6.45) is 1.07. The number of hydrogen-bond acceptors (Lipinski definition) is 5. The van der Waals surface area contributed by atoms with Crippen LogP contribution in [0.25, 0.3) is 0 Å². The SMILES string of the molecule is CCOC(=O)c1sc(N=C2NCCCN2)nc1C.Cl. The lowest BCUT2D eigenvalue weighted by Gasteiger charge is -2.16. The molecule has 1 aromatic rings. The van der Waals surface area contributed by atoms with Crippen molar-refractivity contribution in [1.82, 2.24) is 15.6 Å². The first-order valence-electron chi connectivity index (χ1n) is 5.91. The predicted molar refractivity (Wildman–Crippen MR) is 77.8 cm³/mol. The Morgan fingerprint density at radius 3 is 2.79 bits per heavy atom. The van der Waals surface area contributed by atoms with Crippen molar-refractivity contribution < 1.29 is 9.53 Å². The number of nitrogens with zero attached hydrogens (tertiary/aromatic N) is 2. The highest BCUT2D eigenvalue weighted by Gasteiger charge is 2.16. The summed E-state index contributed by atoms with van der Waals surface area (Å²) in [6.45, 7) is 5.74. The smallest absolute Gasteiger partial charge is 0.350 e. The summed E-state index contributed by atoms with van der Waals surface area (Å²) in [5, 5.41) is 6.84. The van der Waals surface area contributed by atoms with E-state index in [1.165, 1.54) is 11.3 Å². The van der Waals surface area contributed by atoms with Gasteiger partial charge in [-0.05, 0) is 20.3 Å². The van der Waals surface area contributed by atoms with Crippen LogP contribution < -0.4 is 10.6 Å². The van der Waals surface area contributed by atoms with Gasteiger partial charge in [0.1, 0.15) is 4.88 Å². The van der Waals surface area contributed by atoms with Crippen molar-refractivity contribution in [1.29, 1.82) is 0 Å². The van der Waals surface area contributed by atoms with E-state index >= 15 is 0 Å². The molecule has 6 nitrogen and oxygen atoms in total. The highest BCUT2D eigenvalue weighted by atomic mass is 35.5. The molecular formula is C11H17ClN4O2S. The molecule has 19 heavy (non-hydrogen) atoms. The van der Waals surface area contributed by atoms with E-state index in [0.29, 0.717) is 28.3 Å². The molecule has 0 saturated carbocycles. The molecule has 106 valence electrons. The van der Waals surface area contributed by atoms with Gasteiger partial charge < -0.3 is 15.4 Å². The normalized spacial score (nSPS) is 13.9. The lowest BCUT2D eigenvalue weighted by molar-refractivity contribution is 0.0531. The summed E-state index contributed by atoms with van der Waals surface area (Å²) in [6, 6.07) is 0. The summed E-state index contributed by atoms with van der Waals surface area (Å²) in [5.74, 6) is 0.383. The van der Waals surface area contributed by atoms with Gasteiger partial charge in [0.2, 0.25) is 5.13 Å². The summed E-state index contributed by atoms with van der Waals surface area (Å²) in [4.78, 5) is 20.8. The Kier molecular flexibility index (Phi) is 6.04. The van der Waals surface area contributed by atoms with Crippen LogP contribution in [-0.2, 0) is 4.74 Å². The van der Waals surface area contributed by atoms with Gasteiger partial charge >= 0.3 is 5.97 Å². The van der Waals surface area contributed by atoms with Crippen LogP contribution >= 0.6 is 23.7 Å². The van der Waals surface area contributed by atoms with E-state index in [0.717, 1.165) is 19.5 Å². The molecule has 1 fully saturated rings. The first-order valence-corrected chi connectivity index (χ1v) is 6.73. The molecule has 0 amide bonds. The van der Waals surface area contributed by atoms with E-state index < -0.39 is 0 Å². The molecule has 0 spiro atoms. The Labute approximate surface area is 122 Å². The molecule has 2 N–H and O–H groups in total. The maximum atomic E-state index is 11.6. The van der Waals surface area contributed by atoms with Crippen molar-refractivity contribution in [2.45, 2.75) is 20.3 Å². The molecule has 1 aliphatic heterocycles. The van der Waals surface area contributed by atoms with Gasteiger partial charge in [-0.15, -0.1) is 12.4 Å². The molecular weight excluding hydrogens is 288 g/mol. The van der Waals surface area contributed by atoms with Gasteiger partial charge in [-0.2, -0.15) is 4.99 Å². The molecule has 1 saturated heterocycles. The number of aromatic nitrogens is 1. The van der Waals surface area contributed by atoms with Crippen LogP contribution in [0, 0.1) is 6.92 Å². The predicted octanol–water partition coefficient (Wildman–Crippen LogP) is 1.62. The van der Waals surface area contributed by atoms with Crippen molar-refractivity contribution >= 4 is 40.8 Å². The molecule has 8 heteroatoms. The topological polar surface area (TPSA) is 75.6 Å². The Hall–Kier alpha value is -1.34. The van der Waals surface area contributed by atoms with E-state index in [9.17, 15) is 4.79 Å². The third-order valence-electron chi connectivity index (χ3n) is 2.39. The quantitative estimate of drug-likeness (QED) is 0.830. The molecule has 2 heterocycles. The average molecular weight is 305 g/mol. The molecule has 0 atom stereocenters. The Bertz CT molecular complexity index is 467. The number of thiazole rings is 1. The van der Waals surface area contributed by atoms with Gasteiger partial charge in [-0.25, -0.2) is 9.78 Å². The minimum absolute atomic E-state index is 0. The van der Waals surface area contributed by atoms with Gasteiger partial charge in [0.15, 0.2) is 5.96 Å². The molecule has 0 bridgehead atoms. The minimum Gasteiger partial charge on any atom is -0.462 e. The van der Waals surface area contributed by atoms with Gasteiger partial charge in [-0.3, -0.25) is 0 Å². The number of esters is 1. The molecule has 1 aliphatic rings. The van der Waals surface area contributed by atoms with Gasteiger partial charge in [0.25, 0.3) is 0 Å². The average Bonchev–Trinajstić information content (AvgIpc) is 2.72. The largest absolute Gasteiger partial charge is 0.462 e. The van der Waals surface area contributed by atoms with E-state index in [2.05, 4.69) is 20.6 Å². The molecule has 0 unspecified atom stereocenters. The highest BCUT2D eigenvalue weighted by Crippen LogP contribution is 2.25. The number of ether oxygens (including phenoxy) is 1. The second kappa shape index (κ2) is 7.30. The fourth-order valence-electron chi connectivity index (χ4n) is 1.56. The van der Waals surface area contributed by atoms with E-state index in [4.69, 9.17) is 4.74 Å². The van der Waals surface area contributed by atoms with Crippen molar-refractivity contribution in [3.63, 3.8) is 0 Å². The van der Waals surface area contributed by atoms with Crippen molar-refractivity contribution in [2.75, 3.05) is 19.7 Å². The number of halogens is 1. The monoisotopic (exact) mass is 304 g/mol. The maximum absolute atomic E-state index is 11.6. The minimum atomic E-state index is -0.330. The number of rotatable bonds is 3. The Morgan fingerprint density at radius 2 is 2.16 bits per heavy atom. The zero-order chi connectivity index (χ0) is 13.0. The lowest BCUT2D eigenvalue weighted by Crippen LogP contribution is -2.43. The van der Waals surface area contributed by atoms with Crippen LogP contribution in [0.5, 0.6) is 0 Å². The fourth-order valence-corrected chi connectivity index (χ4v) is 2.39. The Morgan fingerprint density at radius 1 is 1.47 bits per heavy atom. The van der Waals surface area contributed by atoms with Crippen molar-refractivity contribution in [3.05, 3.63) is 10.6 Å². The highest BCUT2D eigenvalue weighted by molar-refractivity contribution is 7.17. The summed E-state index contributed by atoms with van der Waals surface area (Å²) in [5.41, 5.74) is 0.661. The first-order chi connectivity index (χ1) is 8.70. The number of aryl methyl sites for hydroxylation is 1. The third-order valence-corrected chi connectivity index (χ3v) is 3.42. The molecule has 2 rings (SSSR count). The van der Waals surface area contributed by atoms with Crippen LogP contribution in [-0.4, -0.2) is 36.6 Å². The number of nitrogens with one attached hydrogen (secondary N) is 2. The zero-order valence-corrected chi connectivity index (χ0v) is 12.5. The van der Waals surface area contributed by atoms with Crippen LogP contribution in [0.4, 0.5) is 5.13 Å². The van der Waals surface area contributed by atoms with Gasteiger partial charge in [-0.1, -0.05) is 11.3 Å². The fraction of sp³-hybridized carbons (Fsp3) is 0.545. The first kappa shape index (κ1) is 15.7. The second-order valence-corrected chi connectivity index (χ2v) is 4.78. The molecule has 0 aromatic carbocycles. The number of aliphatic imine (C=N–C) groups is 1. The molecule has 0 aliphatic carbocycles. The number of guanidine groups is 1. The van der Waals surface area contributed by atoms with E-state index in [1.807, 2.05) is 0 Å².